The number of nitrogens with one attached hydrogen (secondary N) is 1. The zero-order chi connectivity index (χ0) is 18.4. The van der Waals surface area contributed by atoms with Crippen LogP contribution in [0.25, 0.3) is 0 Å². The maximum atomic E-state index is 12.0. The summed E-state index contributed by atoms with van der Waals surface area (Å²) in [5.74, 6) is 1.52. The molecule has 2 aliphatic rings. The van der Waals surface area contributed by atoms with Crippen LogP contribution in [-0.4, -0.2) is 30.9 Å². The van der Waals surface area contributed by atoms with Gasteiger partial charge in [-0.3, -0.25) is 0 Å². The quantitative estimate of drug-likeness (QED) is 0.726. The number of nitriles is 1. The number of fused-ring (bicyclic) bond motifs is 1. The van der Waals surface area contributed by atoms with Crippen LogP contribution in [-0.2, 0) is 9.47 Å². The van der Waals surface area contributed by atoms with Crippen LogP contribution in [0, 0.1) is 35.0 Å². The minimum absolute atomic E-state index is 0.0944. The van der Waals surface area contributed by atoms with Crippen LogP contribution >= 0.6 is 0 Å². The van der Waals surface area contributed by atoms with Gasteiger partial charge in [0.15, 0.2) is 0 Å². The lowest BCUT2D eigenvalue weighted by atomic mass is 9.76. The summed E-state index contributed by atoms with van der Waals surface area (Å²) in [5, 5.41) is 12.6. The van der Waals surface area contributed by atoms with Crippen LogP contribution in [0.4, 0.5) is 4.79 Å². The van der Waals surface area contributed by atoms with Gasteiger partial charge in [-0.2, -0.15) is 5.26 Å². The highest BCUT2D eigenvalue weighted by Crippen LogP contribution is 2.49. The Balaban J connectivity index is 1.85. The number of rotatable bonds is 6. The highest BCUT2D eigenvalue weighted by atomic mass is 16.6. The topological polar surface area (TPSA) is 71.3 Å². The number of ether oxygens (including phenoxy) is 2. The zero-order valence-electron chi connectivity index (χ0n) is 16.2. The molecule has 0 heterocycles. The van der Waals surface area contributed by atoms with E-state index in [9.17, 15) is 10.1 Å². The highest BCUT2D eigenvalue weighted by molar-refractivity contribution is 5.68. The van der Waals surface area contributed by atoms with Crippen molar-refractivity contribution in [3.8, 4) is 6.07 Å². The number of alkyl carbamates (subject to hydrolysis) is 1. The van der Waals surface area contributed by atoms with Gasteiger partial charge in [0.1, 0.15) is 5.60 Å². The van der Waals surface area contributed by atoms with Crippen molar-refractivity contribution in [3.63, 3.8) is 0 Å². The van der Waals surface area contributed by atoms with E-state index >= 15 is 0 Å². The van der Waals surface area contributed by atoms with E-state index in [0.29, 0.717) is 24.4 Å². The average Bonchev–Trinajstić information content (AvgIpc) is 2.86. The van der Waals surface area contributed by atoms with Gasteiger partial charge in [0.2, 0.25) is 0 Å². The molecule has 0 aromatic carbocycles. The van der Waals surface area contributed by atoms with Gasteiger partial charge in [0.05, 0.1) is 18.6 Å². The first-order chi connectivity index (χ1) is 11.8. The minimum Gasteiger partial charge on any atom is -0.444 e. The van der Waals surface area contributed by atoms with E-state index in [1.165, 1.54) is 0 Å². The molecule has 0 saturated heterocycles. The van der Waals surface area contributed by atoms with E-state index in [1.807, 2.05) is 20.8 Å². The molecule has 5 atom stereocenters. The lowest BCUT2D eigenvalue weighted by molar-refractivity contribution is 0.0432. The zero-order valence-corrected chi connectivity index (χ0v) is 16.2. The summed E-state index contributed by atoms with van der Waals surface area (Å²) in [6, 6.07) is 2.67. The molecule has 0 bridgehead atoms. The number of hydrogen-bond acceptors (Lipinski definition) is 4. The predicted octanol–water partition coefficient (Wildman–Crippen LogP) is 4.27. The largest absolute Gasteiger partial charge is 0.444 e. The van der Waals surface area contributed by atoms with E-state index < -0.39 is 5.60 Å². The normalized spacial score (nSPS) is 31.9. The minimum atomic E-state index is -0.471. The lowest BCUT2D eigenvalue weighted by Crippen LogP contribution is -2.43. The fraction of sp³-hybridized carbons (Fsp3) is 0.900. The Kier molecular flexibility index (Phi) is 7.13. The third-order valence-electron chi connectivity index (χ3n) is 5.50. The third-order valence-corrected chi connectivity index (χ3v) is 5.50. The molecule has 0 aromatic heterocycles. The smallest absolute Gasteiger partial charge is 0.407 e. The summed E-state index contributed by atoms with van der Waals surface area (Å²) in [6.45, 7) is 9.30. The second-order valence-corrected chi connectivity index (χ2v) is 8.64. The molecule has 1 N–H and O–H groups in total. The lowest BCUT2D eigenvalue weighted by Gasteiger charge is -2.35. The standard InChI is InChI=1S/C20H34N2O3/c1-5-6-9-24-13-18-15(12-21)10-14-11-16(7-8-17(14)18)22-19(23)25-20(2,3)4/h14-18H,5-11,13H2,1-4H3,(H,22,23)/t14-,15?,16?,17-,18-/m1/s1. The monoisotopic (exact) mass is 350 g/mol. The molecule has 1 amide bonds. The van der Waals surface area contributed by atoms with Gasteiger partial charge in [-0.15, -0.1) is 0 Å². The Morgan fingerprint density at radius 2 is 2.04 bits per heavy atom. The Morgan fingerprint density at radius 3 is 2.68 bits per heavy atom. The fourth-order valence-electron chi connectivity index (χ4n) is 4.38. The van der Waals surface area contributed by atoms with Crippen molar-refractivity contribution in [3.05, 3.63) is 0 Å². The van der Waals surface area contributed by atoms with Crippen LogP contribution in [0.1, 0.15) is 66.2 Å². The molecule has 25 heavy (non-hydrogen) atoms. The van der Waals surface area contributed by atoms with Crippen LogP contribution < -0.4 is 5.32 Å². The van der Waals surface area contributed by atoms with Gasteiger partial charge in [-0.1, -0.05) is 13.3 Å². The van der Waals surface area contributed by atoms with Gasteiger partial charge in [0, 0.05) is 18.6 Å². The molecule has 0 aromatic rings. The summed E-state index contributed by atoms with van der Waals surface area (Å²) in [7, 11) is 0. The number of amides is 1. The molecule has 2 rings (SSSR count). The number of unbranched alkanes of at least 4 members (excludes halogenated alkanes) is 1. The molecule has 142 valence electrons. The summed E-state index contributed by atoms with van der Waals surface area (Å²) in [6.07, 6.45) is 5.80. The molecule has 2 unspecified atom stereocenters. The van der Waals surface area contributed by atoms with Gasteiger partial charge in [-0.05, 0) is 64.7 Å². The Morgan fingerprint density at radius 1 is 1.28 bits per heavy atom. The molecular formula is C20H34N2O3. The second kappa shape index (κ2) is 8.89. The van der Waals surface area contributed by atoms with Crippen LogP contribution in [0.3, 0.4) is 0 Å². The predicted molar refractivity (Wildman–Crippen MR) is 96.9 cm³/mol. The summed E-state index contributed by atoms with van der Waals surface area (Å²) in [5.41, 5.74) is -0.471. The molecule has 2 aliphatic carbocycles. The van der Waals surface area contributed by atoms with Crippen molar-refractivity contribution in [2.45, 2.75) is 77.9 Å². The number of nitrogens with zero attached hydrogens (tertiary/aromatic N) is 1. The molecule has 0 aliphatic heterocycles. The number of hydrogen-bond donors (Lipinski definition) is 1. The molecule has 5 nitrogen and oxygen atoms in total. The van der Waals surface area contributed by atoms with Crippen LogP contribution in [0.15, 0.2) is 0 Å². The Hall–Kier alpha value is -1.28. The molecule has 5 heteroatoms. The van der Waals surface area contributed by atoms with Crippen molar-refractivity contribution in [2.24, 2.45) is 23.7 Å². The summed E-state index contributed by atoms with van der Waals surface area (Å²) in [4.78, 5) is 12.0. The SMILES string of the molecule is CCCCOC[C@@H]1C(C#N)C[C@@H]2CC(NC(=O)OC(C)(C)C)CC[C@H]21. The van der Waals surface area contributed by atoms with Gasteiger partial charge in [-0.25, -0.2) is 4.79 Å². The Bertz CT molecular complexity index is 480. The van der Waals surface area contributed by atoms with E-state index in [2.05, 4.69) is 18.3 Å². The van der Waals surface area contributed by atoms with E-state index in [4.69, 9.17) is 9.47 Å². The highest BCUT2D eigenvalue weighted by Gasteiger charge is 2.46. The second-order valence-electron chi connectivity index (χ2n) is 8.64. The summed E-state index contributed by atoms with van der Waals surface area (Å²) >= 11 is 0. The van der Waals surface area contributed by atoms with Gasteiger partial charge >= 0.3 is 6.09 Å². The van der Waals surface area contributed by atoms with Crippen LogP contribution in [0.2, 0.25) is 0 Å². The maximum absolute atomic E-state index is 12.0. The first-order valence-corrected chi connectivity index (χ1v) is 9.81. The first kappa shape index (κ1) is 20.0. The van der Waals surface area contributed by atoms with Crippen molar-refractivity contribution in [1.29, 1.82) is 5.26 Å². The maximum Gasteiger partial charge on any atom is 0.407 e. The number of carbonyl (C=O) groups is 1. The van der Waals surface area contributed by atoms with Crippen molar-refractivity contribution >= 4 is 6.09 Å². The van der Waals surface area contributed by atoms with Crippen molar-refractivity contribution in [1.82, 2.24) is 5.32 Å². The first-order valence-electron chi connectivity index (χ1n) is 9.81. The average molecular weight is 351 g/mol. The third kappa shape index (κ3) is 5.88. The van der Waals surface area contributed by atoms with Gasteiger partial charge in [0.25, 0.3) is 0 Å². The van der Waals surface area contributed by atoms with Crippen molar-refractivity contribution < 1.29 is 14.3 Å². The van der Waals surface area contributed by atoms with E-state index in [1.54, 1.807) is 0 Å². The summed E-state index contributed by atoms with van der Waals surface area (Å²) < 4.78 is 11.2. The van der Waals surface area contributed by atoms with E-state index in [-0.39, 0.29) is 18.1 Å². The molecule has 2 fully saturated rings. The molecule has 2 saturated carbocycles. The fourth-order valence-corrected chi connectivity index (χ4v) is 4.38. The van der Waals surface area contributed by atoms with Crippen molar-refractivity contribution in [2.75, 3.05) is 13.2 Å². The number of carbonyl (C=O) groups excluding carboxylic acids is 1. The molecular weight excluding hydrogens is 316 g/mol. The molecule has 0 radical (unpaired) electrons. The Labute approximate surface area is 152 Å². The van der Waals surface area contributed by atoms with Crippen LogP contribution in [0.5, 0.6) is 0 Å². The van der Waals surface area contributed by atoms with E-state index in [0.717, 1.165) is 45.1 Å². The molecule has 0 spiro atoms. The van der Waals surface area contributed by atoms with Gasteiger partial charge < -0.3 is 14.8 Å².